The maximum Gasteiger partial charge on any atom is 0.0510 e. The summed E-state index contributed by atoms with van der Waals surface area (Å²) in [5.41, 5.74) is 10.6. The zero-order chi connectivity index (χ0) is 12.3. The normalized spacial score (nSPS) is 19.2. The van der Waals surface area contributed by atoms with Crippen LogP contribution in [0.3, 0.4) is 0 Å². The number of halogens is 1. The molecule has 1 aliphatic rings. The highest BCUT2D eigenvalue weighted by molar-refractivity contribution is 6.30. The molecule has 0 radical (unpaired) electrons. The Labute approximate surface area is 106 Å². The van der Waals surface area contributed by atoms with Crippen LogP contribution in [-0.2, 0) is 4.74 Å². The maximum absolute atomic E-state index is 5.99. The fraction of sp³-hybridized carbons (Fsp3) is 0.500. The molecule has 0 aliphatic carbocycles. The molecule has 0 aromatic heterocycles. The summed E-state index contributed by atoms with van der Waals surface area (Å²) in [5.74, 6) is 6.12. The SMILES string of the molecule is NNC(c1ccc(Cl)cc1N)C1CCOCC1. The van der Waals surface area contributed by atoms with Crippen molar-refractivity contribution in [1.29, 1.82) is 0 Å². The van der Waals surface area contributed by atoms with Crippen LogP contribution in [-0.4, -0.2) is 13.2 Å². The first-order valence-electron chi connectivity index (χ1n) is 5.81. The van der Waals surface area contributed by atoms with Crippen molar-refractivity contribution < 1.29 is 4.74 Å². The van der Waals surface area contributed by atoms with Crippen LogP contribution >= 0.6 is 11.6 Å². The number of hydrogen-bond donors (Lipinski definition) is 3. The van der Waals surface area contributed by atoms with Gasteiger partial charge in [-0.05, 0) is 36.5 Å². The van der Waals surface area contributed by atoms with E-state index in [1.54, 1.807) is 6.07 Å². The predicted molar refractivity (Wildman–Crippen MR) is 69.5 cm³/mol. The lowest BCUT2D eigenvalue weighted by Gasteiger charge is -2.30. The molecular weight excluding hydrogens is 238 g/mol. The first-order chi connectivity index (χ1) is 8.22. The van der Waals surface area contributed by atoms with E-state index in [4.69, 9.17) is 27.9 Å². The first-order valence-corrected chi connectivity index (χ1v) is 6.19. The molecule has 1 aromatic rings. The van der Waals surface area contributed by atoms with Gasteiger partial charge in [-0.3, -0.25) is 11.3 Å². The second-order valence-corrected chi connectivity index (χ2v) is 4.80. The minimum absolute atomic E-state index is 0.0659. The lowest BCUT2D eigenvalue weighted by molar-refractivity contribution is 0.0537. The Bertz CT molecular complexity index is 380. The number of anilines is 1. The van der Waals surface area contributed by atoms with Gasteiger partial charge in [0.05, 0.1) is 6.04 Å². The van der Waals surface area contributed by atoms with Crippen molar-refractivity contribution in [2.75, 3.05) is 18.9 Å². The number of benzene rings is 1. The van der Waals surface area contributed by atoms with Crippen LogP contribution in [0.25, 0.3) is 0 Å². The number of nitrogens with one attached hydrogen (secondary N) is 1. The zero-order valence-electron chi connectivity index (χ0n) is 9.66. The molecule has 0 spiro atoms. The van der Waals surface area contributed by atoms with Gasteiger partial charge in [0, 0.05) is 23.9 Å². The molecule has 0 bridgehead atoms. The summed E-state index contributed by atoms with van der Waals surface area (Å²) >= 11 is 5.90. The fourth-order valence-corrected chi connectivity index (χ4v) is 2.54. The third-order valence-corrected chi connectivity index (χ3v) is 3.54. The molecule has 1 atom stereocenters. The van der Waals surface area contributed by atoms with Gasteiger partial charge in [-0.2, -0.15) is 0 Å². The lowest BCUT2D eigenvalue weighted by atomic mass is 9.87. The molecule has 1 heterocycles. The van der Waals surface area contributed by atoms with E-state index < -0.39 is 0 Å². The van der Waals surface area contributed by atoms with Gasteiger partial charge in [0.25, 0.3) is 0 Å². The smallest absolute Gasteiger partial charge is 0.0510 e. The van der Waals surface area contributed by atoms with Crippen LogP contribution in [0.1, 0.15) is 24.4 Å². The van der Waals surface area contributed by atoms with Gasteiger partial charge in [-0.1, -0.05) is 17.7 Å². The Morgan fingerprint density at radius 2 is 2.06 bits per heavy atom. The van der Waals surface area contributed by atoms with E-state index in [0.717, 1.165) is 31.6 Å². The molecule has 17 heavy (non-hydrogen) atoms. The second-order valence-electron chi connectivity index (χ2n) is 4.37. The van der Waals surface area contributed by atoms with Gasteiger partial charge >= 0.3 is 0 Å². The molecule has 1 aliphatic heterocycles. The fourth-order valence-electron chi connectivity index (χ4n) is 2.36. The molecule has 5 heteroatoms. The summed E-state index contributed by atoms with van der Waals surface area (Å²) in [6, 6.07) is 5.62. The van der Waals surface area contributed by atoms with E-state index in [0.29, 0.717) is 16.6 Å². The van der Waals surface area contributed by atoms with Crippen LogP contribution in [0.15, 0.2) is 18.2 Å². The molecule has 4 nitrogen and oxygen atoms in total. The standard InChI is InChI=1S/C12H18ClN3O/c13-9-1-2-10(11(14)7-9)12(16-15)8-3-5-17-6-4-8/h1-2,7-8,12,16H,3-6,14-15H2. The molecule has 2 rings (SSSR count). The van der Waals surface area contributed by atoms with Gasteiger partial charge in [-0.15, -0.1) is 0 Å². The van der Waals surface area contributed by atoms with E-state index in [2.05, 4.69) is 5.43 Å². The van der Waals surface area contributed by atoms with Gasteiger partial charge < -0.3 is 10.5 Å². The number of ether oxygens (including phenoxy) is 1. The number of nitrogen functional groups attached to an aromatic ring is 1. The van der Waals surface area contributed by atoms with Crippen molar-refractivity contribution >= 4 is 17.3 Å². The van der Waals surface area contributed by atoms with Crippen molar-refractivity contribution in [1.82, 2.24) is 5.43 Å². The number of rotatable bonds is 3. The molecule has 1 unspecified atom stereocenters. The van der Waals surface area contributed by atoms with E-state index in [1.807, 2.05) is 12.1 Å². The number of hydrogen-bond acceptors (Lipinski definition) is 4. The first kappa shape index (κ1) is 12.6. The van der Waals surface area contributed by atoms with Gasteiger partial charge in [-0.25, -0.2) is 0 Å². The number of hydrazine groups is 1. The Morgan fingerprint density at radius 1 is 1.35 bits per heavy atom. The zero-order valence-corrected chi connectivity index (χ0v) is 10.4. The molecule has 1 aromatic carbocycles. The third-order valence-electron chi connectivity index (χ3n) is 3.30. The van der Waals surface area contributed by atoms with Crippen LogP contribution in [0.4, 0.5) is 5.69 Å². The predicted octanol–water partition coefficient (Wildman–Crippen LogP) is 1.85. The van der Waals surface area contributed by atoms with Gasteiger partial charge in [0.15, 0.2) is 0 Å². The van der Waals surface area contributed by atoms with E-state index in [9.17, 15) is 0 Å². The monoisotopic (exact) mass is 255 g/mol. The highest BCUT2D eigenvalue weighted by Crippen LogP contribution is 2.33. The second kappa shape index (κ2) is 5.69. The topological polar surface area (TPSA) is 73.3 Å². The molecule has 5 N–H and O–H groups in total. The summed E-state index contributed by atoms with van der Waals surface area (Å²) in [6.45, 7) is 1.58. The molecule has 94 valence electrons. The molecule has 1 fully saturated rings. The molecule has 0 saturated carbocycles. The van der Waals surface area contributed by atoms with Crippen LogP contribution < -0.4 is 17.0 Å². The molecular formula is C12H18ClN3O. The van der Waals surface area contributed by atoms with Crippen molar-refractivity contribution in [3.63, 3.8) is 0 Å². The summed E-state index contributed by atoms with van der Waals surface area (Å²) in [6.07, 6.45) is 1.99. The van der Waals surface area contributed by atoms with Crippen molar-refractivity contribution in [2.24, 2.45) is 11.8 Å². The van der Waals surface area contributed by atoms with Crippen LogP contribution in [0.2, 0.25) is 5.02 Å². The largest absolute Gasteiger partial charge is 0.398 e. The Kier molecular flexibility index (Phi) is 4.23. The van der Waals surface area contributed by atoms with Crippen molar-refractivity contribution in [3.05, 3.63) is 28.8 Å². The third kappa shape index (κ3) is 2.90. The Hall–Kier alpha value is -0.810. The number of nitrogens with two attached hydrogens (primary N) is 2. The van der Waals surface area contributed by atoms with E-state index in [1.165, 1.54) is 0 Å². The quantitative estimate of drug-likeness (QED) is 0.438. The molecule has 0 amide bonds. The van der Waals surface area contributed by atoms with Gasteiger partial charge in [0.2, 0.25) is 0 Å². The highest BCUT2D eigenvalue weighted by atomic mass is 35.5. The van der Waals surface area contributed by atoms with Crippen molar-refractivity contribution in [3.8, 4) is 0 Å². The lowest BCUT2D eigenvalue weighted by Crippen LogP contribution is -2.36. The summed E-state index contributed by atoms with van der Waals surface area (Å²) in [4.78, 5) is 0. The van der Waals surface area contributed by atoms with Crippen molar-refractivity contribution in [2.45, 2.75) is 18.9 Å². The van der Waals surface area contributed by atoms with E-state index in [-0.39, 0.29) is 6.04 Å². The Morgan fingerprint density at radius 3 is 2.65 bits per heavy atom. The van der Waals surface area contributed by atoms with Gasteiger partial charge in [0.1, 0.15) is 0 Å². The highest BCUT2D eigenvalue weighted by Gasteiger charge is 2.25. The average molecular weight is 256 g/mol. The van der Waals surface area contributed by atoms with Crippen LogP contribution in [0.5, 0.6) is 0 Å². The average Bonchev–Trinajstić information content (AvgIpc) is 2.34. The van der Waals surface area contributed by atoms with E-state index >= 15 is 0 Å². The Balaban J connectivity index is 2.21. The summed E-state index contributed by atoms with van der Waals surface area (Å²) < 4.78 is 5.36. The minimum atomic E-state index is 0.0659. The van der Waals surface area contributed by atoms with Crippen LogP contribution in [0, 0.1) is 5.92 Å². The minimum Gasteiger partial charge on any atom is -0.398 e. The summed E-state index contributed by atoms with van der Waals surface area (Å²) in [5, 5.41) is 0.647. The molecule has 1 saturated heterocycles. The maximum atomic E-state index is 5.99. The summed E-state index contributed by atoms with van der Waals surface area (Å²) in [7, 11) is 0.